The Balaban J connectivity index is 1.53. The molecule has 16 heteroatoms. The minimum atomic E-state index is -1.49. The quantitative estimate of drug-likeness (QED) is 0.0349. The largest absolute Gasteiger partial charge is 0.492 e. The Morgan fingerprint density at radius 1 is 1.05 bits per heavy atom. The maximum atomic E-state index is 14.2. The molecule has 6 unspecified atom stereocenters. The molecule has 61 heavy (non-hydrogen) atoms. The number of aliphatic hydroxyl groups excluding tert-OH is 3. The van der Waals surface area contributed by atoms with E-state index in [9.17, 15) is 30.2 Å². The molecular formula is C45H62N4O12. The van der Waals surface area contributed by atoms with Crippen LogP contribution in [0.15, 0.2) is 71.9 Å². The van der Waals surface area contributed by atoms with Crippen molar-refractivity contribution in [1.82, 2.24) is 9.80 Å². The molecule has 0 bridgehead atoms. The van der Waals surface area contributed by atoms with Crippen molar-refractivity contribution < 1.29 is 53.6 Å². The van der Waals surface area contributed by atoms with Gasteiger partial charge < -0.3 is 43.8 Å². The van der Waals surface area contributed by atoms with Crippen molar-refractivity contribution in [2.24, 2.45) is 22.9 Å². The zero-order valence-corrected chi connectivity index (χ0v) is 35.2. The minimum absolute atomic E-state index is 0.0196. The lowest BCUT2D eigenvalue weighted by molar-refractivity contribution is -0.384. The molecule has 2 fully saturated rings. The van der Waals surface area contributed by atoms with Gasteiger partial charge in [-0.25, -0.2) is 4.79 Å². The summed E-state index contributed by atoms with van der Waals surface area (Å²) in [6.45, 7) is 9.69. The molecule has 0 spiro atoms. The monoisotopic (exact) mass is 850 g/mol. The fourth-order valence-electron chi connectivity index (χ4n) is 9.13. The average molecular weight is 851 g/mol. The molecule has 1 amide bonds. The van der Waals surface area contributed by atoms with Gasteiger partial charge in [-0.05, 0) is 85.9 Å². The molecule has 1 saturated heterocycles. The second kappa shape index (κ2) is 22.5. The summed E-state index contributed by atoms with van der Waals surface area (Å²) in [6.07, 6.45) is 7.85. The number of rotatable bonds is 26. The number of allylic oxidation sites excluding steroid dienone is 1. The Morgan fingerprint density at radius 3 is 2.51 bits per heavy atom. The van der Waals surface area contributed by atoms with Crippen LogP contribution in [0.1, 0.15) is 68.9 Å². The fraction of sp³-hybridized carbons (Fsp3) is 0.600. The molecule has 6 atom stereocenters. The zero-order chi connectivity index (χ0) is 43.2. The van der Waals surface area contributed by atoms with Crippen LogP contribution in [0.4, 0.5) is 10.5 Å². The average Bonchev–Trinajstić information content (AvgIpc) is 4.09. The normalized spacial score (nSPS) is 24.5. The van der Waals surface area contributed by atoms with E-state index in [0.29, 0.717) is 42.2 Å². The number of carbonyl (C=O) groups is 1. The SMILES string of the molecule is C=CCOC12Oc3ccc(OCCN4CC4)cc3C3C(CCCCO)C(CCCCO)C=C(C(=NOCc4ccc([N+](=O)[O-])cc4)CC1N(CCOCCO)C(=O)OCC)C32. The topological polar surface area (TPSA) is 195 Å². The second-order valence-corrected chi connectivity index (χ2v) is 15.9. The predicted octanol–water partition coefficient (Wildman–Crippen LogP) is 5.59. The first-order chi connectivity index (χ1) is 29.8. The number of amides is 1. The molecule has 0 radical (unpaired) electrons. The highest BCUT2D eigenvalue weighted by Crippen LogP contribution is 2.62. The lowest BCUT2D eigenvalue weighted by Gasteiger charge is -2.59. The van der Waals surface area contributed by atoms with Crippen LogP contribution in [0.2, 0.25) is 0 Å². The van der Waals surface area contributed by atoms with Crippen LogP contribution in [0.25, 0.3) is 0 Å². The highest BCUT2D eigenvalue weighted by Gasteiger charge is 2.65. The number of hydrogen-bond acceptors (Lipinski definition) is 14. The molecule has 0 aromatic heterocycles. The highest BCUT2D eigenvalue weighted by molar-refractivity contribution is 6.03. The van der Waals surface area contributed by atoms with E-state index in [4.69, 9.17) is 33.7 Å². The van der Waals surface area contributed by atoms with Gasteiger partial charge in [-0.1, -0.05) is 30.1 Å². The van der Waals surface area contributed by atoms with Gasteiger partial charge in [0.1, 0.15) is 30.8 Å². The number of nitro benzene ring substituents is 1. The van der Waals surface area contributed by atoms with Crippen LogP contribution < -0.4 is 9.47 Å². The highest BCUT2D eigenvalue weighted by atomic mass is 16.7. The first-order valence-electron chi connectivity index (χ1n) is 21.7. The van der Waals surface area contributed by atoms with Crippen molar-refractivity contribution in [3.05, 3.63) is 88.0 Å². The third-order valence-corrected chi connectivity index (χ3v) is 12.0. The number of carbonyl (C=O) groups excluding carboxylic acids is 1. The first-order valence-corrected chi connectivity index (χ1v) is 21.7. The van der Waals surface area contributed by atoms with Crippen LogP contribution in [0.5, 0.6) is 11.5 Å². The van der Waals surface area contributed by atoms with E-state index in [0.717, 1.165) is 56.5 Å². The van der Waals surface area contributed by atoms with Crippen LogP contribution in [-0.4, -0.2) is 133 Å². The van der Waals surface area contributed by atoms with E-state index >= 15 is 0 Å². The van der Waals surface area contributed by atoms with E-state index in [2.05, 4.69) is 23.6 Å². The van der Waals surface area contributed by atoms with Crippen molar-refractivity contribution >= 4 is 17.5 Å². The van der Waals surface area contributed by atoms with Crippen LogP contribution in [0.3, 0.4) is 0 Å². The summed E-state index contributed by atoms with van der Waals surface area (Å²) in [5.74, 6) is -0.923. The van der Waals surface area contributed by atoms with Crippen LogP contribution in [-0.2, 0) is 25.7 Å². The van der Waals surface area contributed by atoms with E-state index in [1.165, 1.54) is 12.1 Å². The lowest BCUT2D eigenvalue weighted by Crippen LogP contribution is -2.70. The number of ether oxygens (including phenoxy) is 5. The maximum Gasteiger partial charge on any atom is 0.410 e. The molecule has 4 aliphatic rings. The van der Waals surface area contributed by atoms with Crippen LogP contribution >= 0.6 is 0 Å². The van der Waals surface area contributed by atoms with Crippen molar-refractivity contribution in [3.63, 3.8) is 0 Å². The number of nitro groups is 1. The van der Waals surface area contributed by atoms with Gasteiger partial charge in [0.15, 0.2) is 0 Å². The van der Waals surface area contributed by atoms with Gasteiger partial charge in [0.2, 0.25) is 5.79 Å². The second-order valence-electron chi connectivity index (χ2n) is 15.9. The van der Waals surface area contributed by atoms with Gasteiger partial charge in [0.05, 0.1) is 49.6 Å². The Kier molecular flexibility index (Phi) is 16.9. The number of oxime groups is 1. The van der Waals surface area contributed by atoms with Gasteiger partial charge in [0.25, 0.3) is 5.69 Å². The number of unbranched alkanes of at least 4 members (excludes halogenated alkanes) is 2. The van der Waals surface area contributed by atoms with Gasteiger partial charge >= 0.3 is 6.09 Å². The van der Waals surface area contributed by atoms with E-state index in [-0.39, 0.29) is 89.3 Å². The number of hydrogen-bond donors (Lipinski definition) is 3. The lowest BCUT2D eigenvalue weighted by atomic mass is 9.55. The van der Waals surface area contributed by atoms with Gasteiger partial charge in [0, 0.05) is 69.4 Å². The molecule has 334 valence electrons. The molecule has 6 rings (SSSR count). The Hall–Kier alpha value is -4.58. The summed E-state index contributed by atoms with van der Waals surface area (Å²) in [4.78, 5) is 35.0. The molecule has 2 aromatic rings. The summed E-state index contributed by atoms with van der Waals surface area (Å²) in [6, 6.07) is 11.2. The third-order valence-electron chi connectivity index (χ3n) is 12.0. The molecule has 1 saturated carbocycles. The third kappa shape index (κ3) is 11.3. The van der Waals surface area contributed by atoms with Crippen molar-refractivity contribution in [3.8, 4) is 11.5 Å². The number of fused-ring (bicyclic) bond motifs is 2. The standard InChI is InChI=1S/C45H62N4O12/c1-3-24-59-45-41(48(44(53)57-4-2)20-25-56-27-23-52)30-39(46-60-31-32-11-13-34(14-12-32)49(54)55)37-28-33(9-5-7-21-50)36(10-6-8-22-51)42(43(37)45)38-29-35(15-16-40(38)61-45)58-26-19-47-17-18-47/h3,11-16,28-29,33,36,41-43,50-52H,1,4-10,17-27,30-31H2,2H3. The molecule has 2 heterocycles. The number of benzene rings is 2. The van der Waals surface area contributed by atoms with Crippen LogP contribution in [0, 0.1) is 27.9 Å². The Morgan fingerprint density at radius 2 is 1.82 bits per heavy atom. The number of aliphatic hydroxyl groups is 3. The van der Waals surface area contributed by atoms with Gasteiger partial charge in [-0.2, -0.15) is 0 Å². The summed E-state index contributed by atoms with van der Waals surface area (Å²) in [5, 5.41) is 45.4. The van der Waals surface area contributed by atoms with E-state index in [1.54, 1.807) is 30.0 Å². The molecular weight excluding hydrogens is 789 g/mol. The minimum Gasteiger partial charge on any atom is -0.492 e. The molecule has 3 N–H and O–H groups in total. The first kappa shape index (κ1) is 45.9. The Bertz CT molecular complexity index is 1820. The molecule has 2 aliphatic carbocycles. The van der Waals surface area contributed by atoms with E-state index < -0.39 is 28.8 Å². The summed E-state index contributed by atoms with van der Waals surface area (Å²) >= 11 is 0. The smallest absolute Gasteiger partial charge is 0.410 e. The van der Waals surface area contributed by atoms with Crippen molar-refractivity contribution in [2.45, 2.75) is 76.2 Å². The number of non-ortho nitro benzene ring substituents is 1. The van der Waals surface area contributed by atoms with Gasteiger partial charge in [-0.3, -0.25) is 19.9 Å². The molecule has 16 nitrogen and oxygen atoms in total. The van der Waals surface area contributed by atoms with E-state index in [1.807, 2.05) is 12.1 Å². The molecule has 2 aliphatic heterocycles. The van der Waals surface area contributed by atoms with Gasteiger partial charge in [-0.15, -0.1) is 6.58 Å². The summed E-state index contributed by atoms with van der Waals surface area (Å²) in [7, 11) is 0. The summed E-state index contributed by atoms with van der Waals surface area (Å²) < 4.78 is 32.0. The fourth-order valence-corrected chi connectivity index (χ4v) is 9.13. The summed E-state index contributed by atoms with van der Waals surface area (Å²) in [5.41, 5.74) is 3.04. The molecule has 2 aromatic carbocycles. The van der Waals surface area contributed by atoms with Crippen molar-refractivity contribution in [2.75, 3.05) is 79.0 Å². The predicted molar refractivity (Wildman–Crippen MR) is 226 cm³/mol. The van der Waals surface area contributed by atoms with Crippen molar-refractivity contribution in [1.29, 1.82) is 0 Å². The maximum absolute atomic E-state index is 14.2. The number of nitrogens with zero attached hydrogens (tertiary/aromatic N) is 4. The Labute approximate surface area is 357 Å². The zero-order valence-electron chi connectivity index (χ0n) is 35.2.